The van der Waals surface area contributed by atoms with Gasteiger partial charge in [0.15, 0.2) is 0 Å². The Balaban J connectivity index is 2.12. The lowest BCUT2D eigenvalue weighted by molar-refractivity contribution is 0.281. The summed E-state index contributed by atoms with van der Waals surface area (Å²) in [5.41, 5.74) is 2.33. The summed E-state index contributed by atoms with van der Waals surface area (Å²) >= 11 is 6.12. The minimum absolute atomic E-state index is 0.249. The highest BCUT2D eigenvalue weighted by molar-refractivity contribution is 6.31. The summed E-state index contributed by atoms with van der Waals surface area (Å²) in [6.45, 7) is 1.62. The number of halogens is 1. The Morgan fingerprint density at radius 3 is 3.00 bits per heavy atom. The summed E-state index contributed by atoms with van der Waals surface area (Å²) in [5.74, 6) is 0.978. The van der Waals surface area contributed by atoms with E-state index < -0.39 is 0 Å². The number of ether oxygens (including phenoxy) is 2. The van der Waals surface area contributed by atoms with Crippen LogP contribution in [0.3, 0.4) is 0 Å². The van der Waals surface area contributed by atoms with Crippen LogP contribution >= 0.6 is 11.6 Å². The van der Waals surface area contributed by atoms with Crippen molar-refractivity contribution in [1.29, 1.82) is 0 Å². The van der Waals surface area contributed by atoms with Gasteiger partial charge in [-0.05, 0) is 18.9 Å². The predicted octanol–water partition coefficient (Wildman–Crippen LogP) is 2.74. The molecule has 14 heavy (non-hydrogen) atoms. The maximum atomic E-state index is 6.12. The summed E-state index contributed by atoms with van der Waals surface area (Å²) in [4.78, 5) is 0. The van der Waals surface area contributed by atoms with Crippen LogP contribution in [0.4, 0.5) is 0 Å². The van der Waals surface area contributed by atoms with Crippen LogP contribution in [0, 0.1) is 0 Å². The molecule has 0 saturated carbocycles. The maximum absolute atomic E-state index is 6.12. The summed E-state index contributed by atoms with van der Waals surface area (Å²) < 4.78 is 10.9. The van der Waals surface area contributed by atoms with E-state index in [1.807, 2.05) is 12.1 Å². The first-order valence-corrected chi connectivity index (χ1v) is 5.30. The van der Waals surface area contributed by atoms with E-state index in [2.05, 4.69) is 0 Å². The second kappa shape index (κ2) is 3.14. The normalized spacial score (nSPS) is 23.9. The van der Waals surface area contributed by atoms with Gasteiger partial charge in [-0.25, -0.2) is 0 Å². The monoisotopic (exact) mass is 210 g/mol. The molecule has 0 aliphatic carbocycles. The molecule has 3 heteroatoms. The number of fused-ring (bicyclic) bond motifs is 1. The third-order valence-corrected chi connectivity index (χ3v) is 3.09. The van der Waals surface area contributed by atoms with Gasteiger partial charge in [0.2, 0.25) is 0 Å². The van der Waals surface area contributed by atoms with Gasteiger partial charge in [-0.2, -0.15) is 0 Å². The summed E-state index contributed by atoms with van der Waals surface area (Å²) in [6, 6.07) is 3.97. The van der Waals surface area contributed by atoms with Crippen LogP contribution in [0.5, 0.6) is 5.75 Å². The van der Waals surface area contributed by atoms with Crippen molar-refractivity contribution in [3.05, 3.63) is 28.3 Å². The number of hydrogen-bond donors (Lipinski definition) is 0. The van der Waals surface area contributed by atoms with Crippen molar-refractivity contribution in [2.24, 2.45) is 0 Å². The molecule has 1 aromatic rings. The van der Waals surface area contributed by atoms with Crippen molar-refractivity contribution < 1.29 is 9.47 Å². The Kier molecular flexibility index (Phi) is 1.92. The highest BCUT2D eigenvalue weighted by Crippen LogP contribution is 2.42. The van der Waals surface area contributed by atoms with E-state index in [1.165, 1.54) is 5.56 Å². The van der Waals surface area contributed by atoms with Gasteiger partial charge in [-0.1, -0.05) is 17.7 Å². The van der Waals surface area contributed by atoms with Crippen LogP contribution in [-0.4, -0.2) is 13.2 Å². The average Bonchev–Trinajstić information content (AvgIpc) is 3.03. The molecule has 1 fully saturated rings. The lowest BCUT2D eigenvalue weighted by atomic mass is 10.0. The zero-order valence-corrected chi connectivity index (χ0v) is 8.51. The molecular weight excluding hydrogens is 200 g/mol. The molecule has 0 amide bonds. The average molecular weight is 211 g/mol. The van der Waals surface area contributed by atoms with Gasteiger partial charge < -0.3 is 9.47 Å². The Hall–Kier alpha value is -0.730. The lowest BCUT2D eigenvalue weighted by Crippen LogP contribution is -2.10. The molecule has 1 atom stereocenters. The molecule has 0 spiro atoms. The van der Waals surface area contributed by atoms with Crippen molar-refractivity contribution in [2.75, 3.05) is 13.2 Å². The van der Waals surface area contributed by atoms with Crippen molar-refractivity contribution in [3.63, 3.8) is 0 Å². The van der Waals surface area contributed by atoms with Gasteiger partial charge in [0, 0.05) is 16.1 Å². The van der Waals surface area contributed by atoms with Crippen LogP contribution in [0.1, 0.15) is 23.7 Å². The van der Waals surface area contributed by atoms with Crippen LogP contribution in [0.15, 0.2) is 12.1 Å². The quantitative estimate of drug-likeness (QED) is 0.665. The smallest absolute Gasteiger partial charge is 0.129 e. The molecule has 1 aromatic carbocycles. The Morgan fingerprint density at radius 1 is 1.36 bits per heavy atom. The first-order chi connectivity index (χ1) is 6.86. The highest BCUT2D eigenvalue weighted by atomic mass is 35.5. The molecule has 0 radical (unpaired) electrons. The standard InChI is InChI=1S/C11H11ClO2/c12-9-4-3-8(10-6-14-10)11-7(9)2-1-5-13-11/h3-4,10H,1-2,5-6H2. The molecule has 0 N–H and O–H groups in total. The van der Waals surface area contributed by atoms with Crippen molar-refractivity contribution >= 4 is 11.6 Å². The third kappa shape index (κ3) is 1.30. The number of hydrogen-bond acceptors (Lipinski definition) is 2. The van der Waals surface area contributed by atoms with E-state index >= 15 is 0 Å². The van der Waals surface area contributed by atoms with Crippen molar-refractivity contribution in [1.82, 2.24) is 0 Å². The SMILES string of the molecule is Clc1ccc(C2CO2)c2c1CCCO2. The fraction of sp³-hybridized carbons (Fsp3) is 0.455. The van der Waals surface area contributed by atoms with E-state index in [9.17, 15) is 0 Å². The number of benzene rings is 1. The summed E-state index contributed by atoms with van der Waals surface area (Å²) in [5, 5.41) is 0.823. The van der Waals surface area contributed by atoms with Crippen LogP contribution in [-0.2, 0) is 11.2 Å². The van der Waals surface area contributed by atoms with E-state index in [-0.39, 0.29) is 6.10 Å². The van der Waals surface area contributed by atoms with Gasteiger partial charge in [0.25, 0.3) is 0 Å². The van der Waals surface area contributed by atoms with Gasteiger partial charge in [-0.15, -0.1) is 0 Å². The second-order valence-corrected chi connectivity index (χ2v) is 4.13. The maximum Gasteiger partial charge on any atom is 0.129 e. The molecule has 74 valence electrons. The molecule has 3 rings (SSSR count). The van der Waals surface area contributed by atoms with Gasteiger partial charge >= 0.3 is 0 Å². The van der Waals surface area contributed by atoms with Crippen molar-refractivity contribution in [3.8, 4) is 5.75 Å². The number of epoxide rings is 1. The molecule has 1 unspecified atom stereocenters. The topological polar surface area (TPSA) is 21.8 Å². The molecule has 1 saturated heterocycles. The molecule has 2 aliphatic rings. The molecular formula is C11H11ClO2. The van der Waals surface area contributed by atoms with Crippen LogP contribution in [0.2, 0.25) is 5.02 Å². The predicted molar refractivity (Wildman–Crippen MR) is 54.0 cm³/mol. The van der Waals surface area contributed by atoms with E-state index in [0.717, 1.165) is 42.4 Å². The fourth-order valence-corrected chi connectivity index (χ4v) is 2.17. The second-order valence-electron chi connectivity index (χ2n) is 3.72. The lowest BCUT2D eigenvalue weighted by Gasteiger charge is -2.20. The van der Waals surface area contributed by atoms with Gasteiger partial charge in [0.05, 0.1) is 13.2 Å². The summed E-state index contributed by atoms with van der Waals surface area (Å²) in [6.07, 6.45) is 2.33. The third-order valence-electron chi connectivity index (χ3n) is 2.73. The molecule has 0 bridgehead atoms. The van der Waals surface area contributed by atoms with Crippen LogP contribution < -0.4 is 4.74 Å². The highest BCUT2D eigenvalue weighted by Gasteiger charge is 2.30. The summed E-state index contributed by atoms with van der Waals surface area (Å²) in [7, 11) is 0. The Labute approximate surface area is 87.8 Å². The van der Waals surface area contributed by atoms with Gasteiger partial charge in [0.1, 0.15) is 11.9 Å². The minimum atomic E-state index is 0.249. The minimum Gasteiger partial charge on any atom is -0.493 e. The Bertz CT molecular complexity index is 372. The first-order valence-electron chi connectivity index (χ1n) is 4.92. The molecule has 2 nitrogen and oxygen atoms in total. The molecule has 2 aliphatic heterocycles. The van der Waals surface area contributed by atoms with Gasteiger partial charge in [-0.3, -0.25) is 0 Å². The van der Waals surface area contributed by atoms with Crippen LogP contribution in [0.25, 0.3) is 0 Å². The van der Waals surface area contributed by atoms with E-state index in [1.54, 1.807) is 0 Å². The largest absolute Gasteiger partial charge is 0.493 e. The fourth-order valence-electron chi connectivity index (χ4n) is 1.93. The Morgan fingerprint density at radius 2 is 2.21 bits per heavy atom. The zero-order chi connectivity index (χ0) is 9.54. The van der Waals surface area contributed by atoms with Crippen molar-refractivity contribution in [2.45, 2.75) is 18.9 Å². The first kappa shape index (κ1) is 8.57. The zero-order valence-electron chi connectivity index (χ0n) is 7.75. The molecule has 2 heterocycles. The van der Waals surface area contributed by atoms with E-state index in [0.29, 0.717) is 0 Å². The van der Waals surface area contributed by atoms with E-state index in [4.69, 9.17) is 21.1 Å². The number of rotatable bonds is 1. The molecule has 0 aromatic heterocycles.